The second-order valence-corrected chi connectivity index (χ2v) is 4.74. The highest BCUT2D eigenvalue weighted by Crippen LogP contribution is 2.38. The predicted molar refractivity (Wildman–Crippen MR) is 77.1 cm³/mol. The first kappa shape index (κ1) is 15.3. The number of rotatable bonds is 3. The Balaban J connectivity index is 2.42. The van der Waals surface area contributed by atoms with Crippen LogP contribution < -0.4 is 15.8 Å². The van der Waals surface area contributed by atoms with Crippen molar-refractivity contribution in [2.45, 2.75) is 6.18 Å². The third-order valence-electron chi connectivity index (χ3n) is 2.73. The van der Waals surface area contributed by atoms with Crippen LogP contribution in [0.2, 0.25) is 5.02 Å². The molecule has 0 spiro atoms. The van der Waals surface area contributed by atoms with Crippen molar-refractivity contribution in [1.82, 2.24) is 0 Å². The molecule has 0 amide bonds. The summed E-state index contributed by atoms with van der Waals surface area (Å²) in [4.78, 5) is 0. The molecule has 2 aromatic carbocycles. The Morgan fingerprint density at radius 2 is 1.86 bits per heavy atom. The summed E-state index contributed by atoms with van der Waals surface area (Å²) in [6, 6.07) is 8.14. The molecule has 0 saturated heterocycles. The van der Waals surface area contributed by atoms with Gasteiger partial charge in [0.25, 0.3) is 0 Å². The molecule has 0 aliphatic rings. The molecule has 0 aliphatic heterocycles. The number of anilines is 3. The summed E-state index contributed by atoms with van der Waals surface area (Å²) in [6.45, 7) is 0. The lowest BCUT2D eigenvalue weighted by Gasteiger charge is -2.16. The number of methoxy groups -OCH3 is 1. The molecule has 0 radical (unpaired) electrons. The minimum absolute atomic E-state index is 0.0121. The van der Waals surface area contributed by atoms with Crippen LogP contribution in [0.1, 0.15) is 5.56 Å². The zero-order valence-corrected chi connectivity index (χ0v) is 11.7. The molecule has 0 bridgehead atoms. The molecule has 21 heavy (non-hydrogen) atoms. The SMILES string of the molecule is COc1cc(N)cc(Nc2ccc(Cl)cc2C(F)(F)F)c1. The Bertz CT molecular complexity index is 659. The van der Waals surface area contributed by atoms with Gasteiger partial charge in [0, 0.05) is 28.5 Å². The van der Waals surface area contributed by atoms with Crippen LogP contribution in [-0.2, 0) is 6.18 Å². The molecule has 7 heteroatoms. The van der Waals surface area contributed by atoms with E-state index in [2.05, 4.69) is 5.32 Å². The van der Waals surface area contributed by atoms with Gasteiger partial charge in [-0.3, -0.25) is 0 Å². The van der Waals surface area contributed by atoms with E-state index in [1.54, 1.807) is 12.1 Å². The van der Waals surface area contributed by atoms with Crippen LogP contribution in [0.15, 0.2) is 36.4 Å². The van der Waals surface area contributed by atoms with Crippen molar-refractivity contribution in [3.8, 4) is 5.75 Å². The summed E-state index contributed by atoms with van der Waals surface area (Å²) >= 11 is 5.63. The van der Waals surface area contributed by atoms with Crippen molar-refractivity contribution < 1.29 is 17.9 Å². The van der Waals surface area contributed by atoms with Gasteiger partial charge in [0.1, 0.15) is 5.75 Å². The standard InChI is InChI=1S/C14H12ClF3N2O/c1-21-11-6-9(19)5-10(7-11)20-13-3-2-8(15)4-12(13)14(16,17)18/h2-7,20H,19H2,1H3. The first-order chi connectivity index (χ1) is 9.79. The third-order valence-corrected chi connectivity index (χ3v) is 2.97. The number of nitrogen functional groups attached to an aromatic ring is 1. The Kier molecular flexibility index (Phi) is 4.18. The number of benzene rings is 2. The van der Waals surface area contributed by atoms with Gasteiger partial charge in [-0.25, -0.2) is 0 Å². The van der Waals surface area contributed by atoms with Gasteiger partial charge in [-0.1, -0.05) is 11.6 Å². The molecule has 0 unspecified atom stereocenters. The number of alkyl halides is 3. The van der Waals surface area contributed by atoms with Crippen LogP contribution >= 0.6 is 11.6 Å². The van der Waals surface area contributed by atoms with Crippen molar-refractivity contribution in [1.29, 1.82) is 0 Å². The second-order valence-electron chi connectivity index (χ2n) is 4.31. The number of ether oxygens (including phenoxy) is 1. The van der Waals surface area contributed by atoms with Gasteiger partial charge in [0.05, 0.1) is 18.4 Å². The van der Waals surface area contributed by atoms with Crippen LogP contribution in [0.4, 0.5) is 30.2 Å². The van der Waals surface area contributed by atoms with Crippen molar-refractivity contribution in [2.24, 2.45) is 0 Å². The minimum atomic E-state index is -4.52. The van der Waals surface area contributed by atoms with Crippen LogP contribution in [0.25, 0.3) is 0 Å². The molecule has 0 aliphatic carbocycles. The van der Waals surface area contributed by atoms with E-state index < -0.39 is 11.7 Å². The van der Waals surface area contributed by atoms with Crippen LogP contribution in [0.5, 0.6) is 5.75 Å². The average Bonchev–Trinajstić information content (AvgIpc) is 2.39. The van der Waals surface area contributed by atoms with Gasteiger partial charge >= 0.3 is 6.18 Å². The molecule has 0 aromatic heterocycles. The first-order valence-corrected chi connectivity index (χ1v) is 6.26. The normalized spacial score (nSPS) is 11.3. The molecule has 112 valence electrons. The Hall–Kier alpha value is -2.08. The average molecular weight is 317 g/mol. The maximum Gasteiger partial charge on any atom is 0.418 e. The molecule has 0 atom stereocenters. The summed E-state index contributed by atoms with van der Waals surface area (Å²) in [7, 11) is 1.45. The number of hydrogen-bond donors (Lipinski definition) is 2. The summed E-state index contributed by atoms with van der Waals surface area (Å²) in [5.74, 6) is 0.444. The van der Waals surface area contributed by atoms with Gasteiger partial charge in [0.15, 0.2) is 0 Å². The van der Waals surface area contributed by atoms with E-state index in [4.69, 9.17) is 22.1 Å². The highest BCUT2D eigenvalue weighted by molar-refractivity contribution is 6.30. The van der Waals surface area contributed by atoms with Gasteiger partial charge in [-0.2, -0.15) is 13.2 Å². The van der Waals surface area contributed by atoms with Gasteiger partial charge < -0.3 is 15.8 Å². The van der Waals surface area contributed by atoms with E-state index >= 15 is 0 Å². The lowest BCUT2D eigenvalue weighted by Crippen LogP contribution is -2.09. The van der Waals surface area contributed by atoms with Crippen molar-refractivity contribution in [3.05, 3.63) is 47.0 Å². The molecular weight excluding hydrogens is 305 g/mol. The predicted octanol–water partition coefficient (Wildman–Crippen LogP) is 4.69. The summed E-state index contributed by atoms with van der Waals surface area (Å²) in [6.07, 6.45) is -4.52. The number of nitrogens with two attached hydrogens (primary N) is 1. The summed E-state index contributed by atoms with van der Waals surface area (Å²) in [5, 5.41) is 2.70. The highest BCUT2D eigenvalue weighted by atomic mass is 35.5. The highest BCUT2D eigenvalue weighted by Gasteiger charge is 2.33. The molecule has 2 rings (SSSR count). The smallest absolute Gasteiger partial charge is 0.418 e. The Morgan fingerprint density at radius 3 is 2.48 bits per heavy atom. The second kappa shape index (κ2) is 5.73. The van der Waals surface area contributed by atoms with Crippen LogP contribution in [0.3, 0.4) is 0 Å². The van der Waals surface area contributed by atoms with Gasteiger partial charge in [-0.15, -0.1) is 0 Å². The maximum atomic E-state index is 13.0. The zero-order chi connectivity index (χ0) is 15.6. The molecule has 3 nitrogen and oxygen atoms in total. The molecule has 0 heterocycles. The molecular formula is C14H12ClF3N2O. The largest absolute Gasteiger partial charge is 0.497 e. The lowest BCUT2D eigenvalue weighted by molar-refractivity contribution is -0.136. The minimum Gasteiger partial charge on any atom is -0.497 e. The molecule has 0 saturated carbocycles. The van der Waals surface area contributed by atoms with E-state index in [0.29, 0.717) is 17.1 Å². The van der Waals surface area contributed by atoms with E-state index in [1.807, 2.05) is 0 Å². The first-order valence-electron chi connectivity index (χ1n) is 5.88. The maximum absolute atomic E-state index is 13.0. The lowest BCUT2D eigenvalue weighted by atomic mass is 10.1. The number of nitrogens with one attached hydrogen (secondary N) is 1. The van der Waals surface area contributed by atoms with Crippen molar-refractivity contribution >= 4 is 28.7 Å². The number of hydrogen-bond acceptors (Lipinski definition) is 3. The summed E-state index contributed by atoms with van der Waals surface area (Å²) < 4.78 is 44.1. The topological polar surface area (TPSA) is 47.3 Å². The third kappa shape index (κ3) is 3.72. The monoisotopic (exact) mass is 316 g/mol. The molecule has 3 N–H and O–H groups in total. The Morgan fingerprint density at radius 1 is 1.14 bits per heavy atom. The van der Waals surface area contributed by atoms with Crippen LogP contribution in [-0.4, -0.2) is 7.11 Å². The van der Waals surface area contributed by atoms with Crippen molar-refractivity contribution in [3.63, 3.8) is 0 Å². The fourth-order valence-corrected chi connectivity index (χ4v) is 2.00. The molecule has 2 aromatic rings. The fourth-order valence-electron chi connectivity index (χ4n) is 1.83. The summed E-state index contributed by atoms with van der Waals surface area (Å²) in [5.41, 5.74) is 5.47. The van der Waals surface area contributed by atoms with Crippen molar-refractivity contribution in [2.75, 3.05) is 18.2 Å². The van der Waals surface area contributed by atoms with Gasteiger partial charge in [-0.05, 0) is 24.3 Å². The quantitative estimate of drug-likeness (QED) is 0.807. The van der Waals surface area contributed by atoms with E-state index in [-0.39, 0.29) is 10.7 Å². The van der Waals surface area contributed by atoms with E-state index in [1.165, 1.54) is 25.3 Å². The Labute approximate surface area is 124 Å². The zero-order valence-electron chi connectivity index (χ0n) is 11.0. The van der Waals surface area contributed by atoms with Crippen LogP contribution in [0, 0.1) is 0 Å². The van der Waals surface area contributed by atoms with E-state index in [9.17, 15) is 13.2 Å². The number of halogens is 4. The molecule has 0 fully saturated rings. The van der Waals surface area contributed by atoms with E-state index in [0.717, 1.165) is 6.07 Å². The fraction of sp³-hybridized carbons (Fsp3) is 0.143. The van der Waals surface area contributed by atoms with Gasteiger partial charge in [0.2, 0.25) is 0 Å².